The number of carboxylic acid groups (broad SMARTS) is 2. The molecule has 0 aromatic heterocycles. The van der Waals surface area contributed by atoms with Gasteiger partial charge in [0.15, 0.2) is 6.04 Å². The van der Waals surface area contributed by atoms with Gasteiger partial charge >= 0.3 is 12.2 Å². The highest BCUT2D eigenvalue weighted by Gasteiger charge is 2.61. The smallest absolute Gasteiger partial charge is 0.435 e. The Hall–Kier alpha value is -2.01. The first kappa shape index (κ1) is 24.3. The number of hydrogen-bond donors (Lipinski definition) is 2. The zero-order chi connectivity index (χ0) is 22.8. The molecule has 3 atom stereocenters. The average Bonchev–Trinajstić information content (AvgIpc) is 2.60. The molecule has 2 unspecified atom stereocenters. The third kappa shape index (κ3) is 5.00. The summed E-state index contributed by atoms with van der Waals surface area (Å²) in [4.78, 5) is 24.9. The normalized spacial score (nSPS) is 27.5. The highest BCUT2D eigenvalue weighted by molar-refractivity contribution is 7.85. The summed E-state index contributed by atoms with van der Waals surface area (Å²) in [7, 11) is -3.69. The largest absolute Gasteiger partial charge is 0.514 e. The molecule has 1 fully saturated rings. The molecule has 168 valence electrons. The van der Waals surface area contributed by atoms with Crippen molar-refractivity contribution in [2.24, 2.45) is 0 Å². The highest BCUT2D eigenvalue weighted by Crippen LogP contribution is 2.37. The number of rotatable bonds is 6. The van der Waals surface area contributed by atoms with Gasteiger partial charge in [-0.15, -0.1) is 0 Å². The Balaban J connectivity index is 2.45. The summed E-state index contributed by atoms with van der Waals surface area (Å²) in [5.74, 6) is 0. The second-order valence-corrected chi connectivity index (χ2v) is 10.6. The molecule has 0 aliphatic carbocycles. The van der Waals surface area contributed by atoms with Gasteiger partial charge in [-0.2, -0.15) is 18.0 Å². The lowest BCUT2D eigenvalue weighted by Crippen LogP contribution is -2.78. The van der Waals surface area contributed by atoms with E-state index in [4.69, 9.17) is 4.18 Å². The maximum absolute atomic E-state index is 12.5. The Morgan fingerprint density at radius 1 is 1.10 bits per heavy atom. The number of piperazine rings is 1. The van der Waals surface area contributed by atoms with Crippen LogP contribution in [0, 0.1) is 0 Å². The Morgan fingerprint density at radius 2 is 1.70 bits per heavy atom. The van der Waals surface area contributed by atoms with Crippen LogP contribution < -0.4 is 0 Å². The molecule has 9 nitrogen and oxygen atoms in total. The van der Waals surface area contributed by atoms with Gasteiger partial charge < -0.3 is 10.2 Å². The van der Waals surface area contributed by atoms with Crippen molar-refractivity contribution in [1.29, 1.82) is 0 Å². The fourth-order valence-corrected chi connectivity index (χ4v) is 4.95. The first-order chi connectivity index (χ1) is 13.7. The van der Waals surface area contributed by atoms with Crippen LogP contribution in [-0.4, -0.2) is 83.9 Å². The number of carbonyl (C=O) groups is 2. The lowest BCUT2D eigenvalue weighted by Gasteiger charge is -2.54. The number of nitrogens with zero attached hydrogens (tertiary/aromatic N) is 2. The summed E-state index contributed by atoms with van der Waals surface area (Å²) in [6, 6.07) is 8.58. The minimum Gasteiger partial charge on any atom is -0.435 e. The minimum atomic E-state index is -3.69. The van der Waals surface area contributed by atoms with Crippen LogP contribution in [0.3, 0.4) is 0 Å². The summed E-state index contributed by atoms with van der Waals surface area (Å²) >= 11 is 0. The fourth-order valence-electron chi connectivity index (χ4n) is 4.55. The van der Waals surface area contributed by atoms with Crippen molar-refractivity contribution in [2.45, 2.75) is 45.3 Å². The average molecular weight is 445 g/mol. The molecular formula is C20H32N2O7S+2. The van der Waals surface area contributed by atoms with Crippen molar-refractivity contribution < 1.29 is 41.4 Å². The van der Waals surface area contributed by atoms with Gasteiger partial charge in [-0.1, -0.05) is 30.3 Å². The zero-order valence-electron chi connectivity index (χ0n) is 17.9. The van der Waals surface area contributed by atoms with E-state index in [-0.39, 0.29) is 48.2 Å². The predicted octanol–water partition coefficient (Wildman–Crippen LogP) is 2.72. The maximum Gasteiger partial charge on any atom is 0.514 e. The van der Waals surface area contributed by atoms with Gasteiger partial charge in [0.05, 0.1) is 12.9 Å². The molecule has 10 heteroatoms. The molecule has 0 saturated carbocycles. The van der Waals surface area contributed by atoms with Crippen molar-refractivity contribution in [3.8, 4) is 0 Å². The van der Waals surface area contributed by atoms with Crippen molar-refractivity contribution in [3.05, 3.63) is 35.9 Å². The number of hydrogen-bond acceptors (Lipinski definition) is 5. The molecule has 2 amide bonds. The van der Waals surface area contributed by atoms with Gasteiger partial charge in [0.25, 0.3) is 10.1 Å². The summed E-state index contributed by atoms with van der Waals surface area (Å²) in [5, 5.41) is 20.3. The highest BCUT2D eigenvalue weighted by atomic mass is 32.2. The van der Waals surface area contributed by atoms with Crippen molar-refractivity contribution in [3.63, 3.8) is 0 Å². The standard InChI is InChI=1S/C20H30N2O7S/c1-20(2,3)22(19(25)26)12-11-21(18(23)24,14-16-8-6-5-7-9-16)15-17(22)10-13-29-30(4,27)28/h5-9,17H,10-15H2,1-4H3/p+2/t17-,21?,22?/m1/s1. The van der Waals surface area contributed by atoms with Crippen LogP contribution in [0.2, 0.25) is 0 Å². The Morgan fingerprint density at radius 3 is 2.17 bits per heavy atom. The molecule has 2 rings (SSSR count). The van der Waals surface area contributed by atoms with Gasteiger partial charge in [-0.25, -0.2) is 8.97 Å². The maximum atomic E-state index is 12.5. The van der Waals surface area contributed by atoms with E-state index < -0.39 is 33.9 Å². The molecule has 1 aliphatic heterocycles. The second kappa shape index (κ2) is 8.62. The van der Waals surface area contributed by atoms with Crippen LogP contribution in [0.25, 0.3) is 0 Å². The van der Waals surface area contributed by atoms with Crippen LogP contribution in [0.15, 0.2) is 30.3 Å². The Bertz CT molecular complexity index is 882. The third-order valence-corrected chi connectivity index (χ3v) is 6.68. The molecule has 1 saturated heterocycles. The van der Waals surface area contributed by atoms with Crippen LogP contribution in [0.5, 0.6) is 0 Å². The van der Waals surface area contributed by atoms with Crippen LogP contribution in [0.4, 0.5) is 9.59 Å². The number of quaternary nitrogens is 2. The van der Waals surface area contributed by atoms with Crippen molar-refractivity contribution in [2.75, 3.05) is 32.5 Å². The lowest BCUT2D eigenvalue weighted by atomic mass is 9.92. The summed E-state index contributed by atoms with van der Waals surface area (Å²) in [6.45, 7) is 5.78. The number of benzene rings is 1. The number of amides is 2. The summed E-state index contributed by atoms with van der Waals surface area (Å²) < 4.78 is 27.0. The SMILES string of the molecule is CC(C)(C)[N+]1(C(=O)O)CC[N+](Cc2ccccc2)(C(=O)O)C[C@H]1CCOS(C)(=O)=O. The van der Waals surface area contributed by atoms with E-state index in [9.17, 15) is 28.2 Å². The lowest BCUT2D eigenvalue weighted by molar-refractivity contribution is -1.01. The van der Waals surface area contributed by atoms with Gasteiger partial charge in [0.1, 0.15) is 31.7 Å². The molecule has 0 radical (unpaired) electrons. The zero-order valence-corrected chi connectivity index (χ0v) is 18.8. The first-order valence-corrected chi connectivity index (χ1v) is 11.6. The van der Waals surface area contributed by atoms with Crippen LogP contribution in [0.1, 0.15) is 32.8 Å². The quantitative estimate of drug-likeness (QED) is 0.512. The van der Waals surface area contributed by atoms with Crippen molar-refractivity contribution >= 4 is 22.3 Å². The Kier molecular flexibility index (Phi) is 6.97. The van der Waals surface area contributed by atoms with E-state index in [2.05, 4.69) is 0 Å². The molecular weight excluding hydrogens is 412 g/mol. The van der Waals surface area contributed by atoms with E-state index in [1.54, 1.807) is 0 Å². The molecule has 2 N–H and O–H groups in total. The molecule has 30 heavy (non-hydrogen) atoms. The first-order valence-electron chi connectivity index (χ1n) is 9.83. The monoisotopic (exact) mass is 444 g/mol. The van der Waals surface area contributed by atoms with Gasteiger partial charge in [0.2, 0.25) is 0 Å². The van der Waals surface area contributed by atoms with Crippen LogP contribution >= 0.6 is 0 Å². The van der Waals surface area contributed by atoms with Gasteiger partial charge in [0, 0.05) is 12.0 Å². The van der Waals surface area contributed by atoms with E-state index >= 15 is 0 Å². The molecule has 0 spiro atoms. The van der Waals surface area contributed by atoms with E-state index in [1.165, 1.54) is 0 Å². The molecule has 1 heterocycles. The van der Waals surface area contributed by atoms with Crippen molar-refractivity contribution in [1.82, 2.24) is 0 Å². The molecule has 1 aliphatic rings. The minimum absolute atomic E-state index is 0.0565. The predicted molar refractivity (Wildman–Crippen MR) is 110 cm³/mol. The van der Waals surface area contributed by atoms with Gasteiger partial charge in [-0.05, 0) is 20.8 Å². The Labute approximate surface area is 177 Å². The van der Waals surface area contributed by atoms with E-state index in [0.29, 0.717) is 0 Å². The summed E-state index contributed by atoms with van der Waals surface area (Å²) in [6.07, 6.45) is -1.03. The van der Waals surface area contributed by atoms with Gasteiger partial charge in [-0.3, -0.25) is 4.18 Å². The second-order valence-electron chi connectivity index (χ2n) is 8.99. The molecule has 1 aromatic rings. The van der Waals surface area contributed by atoms with E-state index in [0.717, 1.165) is 11.8 Å². The topological polar surface area (TPSA) is 118 Å². The third-order valence-electron chi connectivity index (χ3n) is 6.09. The van der Waals surface area contributed by atoms with Crippen LogP contribution in [-0.2, 0) is 20.8 Å². The molecule has 1 aromatic carbocycles. The summed E-state index contributed by atoms with van der Waals surface area (Å²) in [5.41, 5.74) is 0.125. The molecule has 0 bridgehead atoms. The van der Waals surface area contributed by atoms with E-state index in [1.807, 2.05) is 51.1 Å². The fraction of sp³-hybridized carbons (Fsp3) is 0.600.